The Bertz CT molecular complexity index is 1460. The van der Waals surface area contributed by atoms with Crippen LogP contribution in [0.15, 0.2) is 0 Å². The van der Waals surface area contributed by atoms with Crippen LogP contribution in [0.4, 0.5) is 0 Å². The molecule has 0 amide bonds. The molecular weight excluding hydrogens is 1040 g/mol. The minimum Gasteiger partial charge on any atom is -0.415 e. The fraction of sp³-hybridized carbons (Fsp3) is 1.00. The van der Waals surface area contributed by atoms with E-state index in [1.54, 1.807) is 7.11 Å². The molecule has 0 N–H and O–H groups in total. The van der Waals surface area contributed by atoms with Gasteiger partial charge in [0.1, 0.15) is 54.9 Å². The van der Waals surface area contributed by atoms with Crippen LogP contribution in [0.5, 0.6) is 0 Å². The van der Waals surface area contributed by atoms with Gasteiger partial charge in [-0.15, -0.1) is 0 Å². The van der Waals surface area contributed by atoms with Crippen molar-refractivity contribution in [1.29, 1.82) is 0 Å². The molecule has 2 aliphatic rings. The van der Waals surface area contributed by atoms with E-state index in [0.717, 1.165) is 6.42 Å². The summed E-state index contributed by atoms with van der Waals surface area (Å²) in [6.07, 6.45) is 12.6. The molecule has 2 aliphatic heterocycles. The third-order valence-corrected chi connectivity index (χ3v) is 18.9. The molecule has 0 aromatic heterocycles. The van der Waals surface area contributed by atoms with Gasteiger partial charge in [-0.2, -0.15) is 0 Å². The van der Waals surface area contributed by atoms with Gasteiger partial charge in [-0.05, 0) is 144 Å². The minimum atomic E-state index is -2.24. The first kappa shape index (κ1) is 70.1. The van der Waals surface area contributed by atoms with Crippen LogP contribution < -0.4 is 0 Å². The van der Waals surface area contributed by atoms with E-state index in [9.17, 15) is 0 Å². The minimum absolute atomic E-state index is 0.118. The van der Waals surface area contributed by atoms with Crippen LogP contribution in [-0.2, 0) is 59.4 Å². The van der Waals surface area contributed by atoms with Crippen LogP contribution in [0.3, 0.4) is 0 Å². The van der Waals surface area contributed by atoms with Crippen molar-refractivity contribution >= 4 is 58.2 Å². The fourth-order valence-corrected chi connectivity index (χ4v) is 16.2. The Balaban J connectivity index is 2.41. The van der Waals surface area contributed by atoms with Crippen LogP contribution in [0.1, 0.15) is 96.8 Å². The van der Waals surface area contributed by atoms with Crippen molar-refractivity contribution in [3.8, 4) is 0 Å². The smallest absolute Gasteiger partial charge is 0.185 e. The standard InChI is InChI=1S/C53H118O13Si7/c1-24-25-26-27-28-29-30-31-32-33-34-35-36-37-38-55-39-43(54-2)40-56-52-50(65-72(18,19)20)48(63-70(12,13)14)46(61-68(6,7)8)44(59-52)41-57-53-51(66-73(21,22)23)49(64-71(15,16)17)47(62-69(9,10)11)45(60-53)42-58-67(3,4)5/h43-53H,24-42H2,1-23H3/t43?,44-,45-,46+,47+,48+,49+,50-,51-,52-,53+/m1/s1. The maximum Gasteiger partial charge on any atom is 0.185 e. The van der Waals surface area contributed by atoms with Gasteiger partial charge in [-0.25, -0.2) is 0 Å². The lowest BCUT2D eigenvalue weighted by Crippen LogP contribution is -2.68. The summed E-state index contributed by atoms with van der Waals surface area (Å²) in [6, 6.07) is 0. The van der Waals surface area contributed by atoms with E-state index in [1.807, 2.05) is 0 Å². The number of hydrogen-bond acceptors (Lipinski definition) is 13. The molecule has 0 saturated carbocycles. The molecule has 0 spiro atoms. The van der Waals surface area contributed by atoms with Gasteiger partial charge in [-0.1, -0.05) is 90.4 Å². The molecule has 0 radical (unpaired) electrons. The normalized spacial score (nSPS) is 26.7. The van der Waals surface area contributed by atoms with Crippen LogP contribution in [-0.4, -0.2) is 166 Å². The van der Waals surface area contributed by atoms with E-state index in [1.165, 1.54) is 83.5 Å². The van der Waals surface area contributed by atoms with Gasteiger partial charge in [-0.3, -0.25) is 0 Å². The number of ether oxygens (including phenoxy) is 6. The van der Waals surface area contributed by atoms with Crippen molar-refractivity contribution < 1.29 is 59.4 Å². The van der Waals surface area contributed by atoms with Crippen LogP contribution in [0.2, 0.25) is 137 Å². The molecule has 2 heterocycles. The maximum atomic E-state index is 7.22. The molecule has 0 aliphatic carbocycles. The van der Waals surface area contributed by atoms with Crippen molar-refractivity contribution in [3.05, 3.63) is 0 Å². The zero-order chi connectivity index (χ0) is 55.5. The topological polar surface area (TPSA) is 120 Å². The third-order valence-electron chi connectivity index (χ3n) is 12.0. The summed E-state index contributed by atoms with van der Waals surface area (Å²) < 4.78 is 89.9. The zero-order valence-electron chi connectivity index (χ0n) is 51.6. The highest BCUT2D eigenvalue weighted by Gasteiger charge is 2.55. The van der Waals surface area contributed by atoms with Gasteiger partial charge in [0, 0.05) is 13.7 Å². The summed E-state index contributed by atoms with van der Waals surface area (Å²) in [4.78, 5) is 0. The molecule has 436 valence electrons. The summed E-state index contributed by atoms with van der Waals surface area (Å²) in [6.45, 7) is 50.5. The van der Waals surface area contributed by atoms with Gasteiger partial charge in [0.15, 0.2) is 70.8 Å². The highest BCUT2D eigenvalue weighted by molar-refractivity contribution is 6.72. The van der Waals surface area contributed by atoms with E-state index in [4.69, 9.17) is 59.4 Å². The zero-order valence-corrected chi connectivity index (χ0v) is 58.6. The quantitative estimate of drug-likeness (QED) is 0.0429. The molecule has 2 rings (SSSR count). The predicted molar refractivity (Wildman–Crippen MR) is 320 cm³/mol. The Hall–Kier alpha value is 0.998. The molecule has 2 saturated heterocycles. The van der Waals surface area contributed by atoms with Crippen molar-refractivity contribution in [3.63, 3.8) is 0 Å². The monoisotopic (exact) mass is 1160 g/mol. The highest BCUT2D eigenvalue weighted by Crippen LogP contribution is 2.38. The van der Waals surface area contributed by atoms with Crippen molar-refractivity contribution in [2.24, 2.45) is 0 Å². The van der Waals surface area contributed by atoms with Gasteiger partial charge in [0.25, 0.3) is 0 Å². The van der Waals surface area contributed by atoms with Crippen molar-refractivity contribution in [2.75, 3.05) is 40.1 Å². The highest BCUT2D eigenvalue weighted by atomic mass is 28.4. The Morgan fingerprint density at radius 3 is 1.04 bits per heavy atom. The van der Waals surface area contributed by atoms with Gasteiger partial charge < -0.3 is 59.4 Å². The fourth-order valence-electron chi connectivity index (χ4n) is 9.07. The molecule has 0 aromatic carbocycles. The SMILES string of the molecule is CCCCCCCCCCCCCCCCOCC(CO[C@@H]1O[C@H](CO[C@H]2O[C@H](CO[Si](C)(C)C)[C@H](O[Si](C)(C)C)[C@H](O[Si](C)(C)C)[C@H]2O[Si](C)(C)C)[C@H](O[Si](C)(C)C)[C@H](O[Si](C)(C)C)[C@H]1O[Si](C)(C)C)OC. The Morgan fingerprint density at radius 2 is 0.685 bits per heavy atom. The predicted octanol–water partition coefficient (Wildman–Crippen LogP) is 14.2. The van der Waals surface area contributed by atoms with Crippen LogP contribution in [0.25, 0.3) is 0 Å². The number of hydrogen-bond donors (Lipinski definition) is 0. The Kier molecular flexibility index (Phi) is 31.2. The lowest BCUT2D eigenvalue weighted by atomic mass is 9.98. The number of unbranched alkanes of at least 4 members (excludes halogenated alkanes) is 13. The first-order chi connectivity index (χ1) is 33.5. The van der Waals surface area contributed by atoms with Crippen molar-refractivity contribution in [2.45, 2.75) is 302 Å². The molecule has 73 heavy (non-hydrogen) atoms. The van der Waals surface area contributed by atoms with E-state index in [2.05, 4.69) is 144 Å². The van der Waals surface area contributed by atoms with Gasteiger partial charge in [0.2, 0.25) is 0 Å². The average molecular weight is 1160 g/mol. The van der Waals surface area contributed by atoms with E-state index in [-0.39, 0.29) is 19.3 Å². The summed E-state index contributed by atoms with van der Waals surface area (Å²) in [5.74, 6) is 0. The summed E-state index contributed by atoms with van der Waals surface area (Å²) >= 11 is 0. The Morgan fingerprint density at radius 1 is 0.356 bits per heavy atom. The number of rotatable bonds is 39. The van der Waals surface area contributed by atoms with E-state index in [0.29, 0.717) is 19.8 Å². The lowest BCUT2D eigenvalue weighted by Gasteiger charge is -2.52. The third kappa shape index (κ3) is 32.1. The molecule has 1 unspecified atom stereocenters. The van der Waals surface area contributed by atoms with Crippen LogP contribution in [0, 0.1) is 0 Å². The molecule has 11 atom stereocenters. The summed E-state index contributed by atoms with van der Waals surface area (Å²) in [5.41, 5.74) is 0. The second-order valence-corrected chi connectivity index (χ2v) is 59.1. The summed E-state index contributed by atoms with van der Waals surface area (Å²) in [5, 5.41) is 0. The second-order valence-electron chi connectivity index (χ2n) is 27.9. The molecule has 0 bridgehead atoms. The first-order valence-corrected chi connectivity index (χ1v) is 52.7. The van der Waals surface area contributed by atoms with Crippen LogP contribution >= 0.6 is 0 Å². The van der Waals surface area contributed by atoms with E-state index < -0.39 is 120 Å². The van der Waals surface area contributed by atoms with E-state index >= 15 is 0 Å². The maximum absolute atomic E-state index is 7.22. The molecule has 20 heteroatoms. The van der Waals surface area contributed by atoms with Gasteiger partial charge >= 0.3 is 0 Å². The second kappa shape index (κ2) is 32.4. The summed E-state index contributed by atoms with van der Waals surface area (Å²) in [7, 11) is -13.4. The molecule has 0 aromatic rings. The molecule has 2 fully saturated rings. The van der Waals surface area contributed by atoms with Gasteiger partial charge in [0.05, 0.1) is 26.4 Å². The molecular formula is C53H118O13Si7. The first-order valence-electron chi connectivity index (χ1n) is 28.9. The average Bonchev–Trinajstić information content (AvgIpc) is 3.21. The largest absolute Gasteiger partial charge is 0.415 e. The van der Waals surface area contributed by atoms with Crippen molar-refractivity contribution in [1.82, 2.24) is 0 Å². The Labute approximate surface area is 457 Å². The molecule has 13 nitrogen and oxygen atoms in total. The lowest BCUT2D eigenvalue weighted by molar-refractivity contribution is -0.324. The number of methoxy groups -OCH3 is 1.